The number of methoxy groups -OCH3 is 1. The second-order valence-corrected chi connectivity index (χ2v) is 8.08. The Morgan fingerprint density at radius 1 is 1.23 bits per heavy atom. The number of ether oxygens (including phenoxy) is 1. The third kappa shape index (κ3) is 3.28. The molecular formula is C22H27NO3. The van der Waals surface area contributed by atoms with Gasteiger partial charge in [0.2, 0.25) is 0 Å². The fourth-order valence-electron chi connectivity index (χ4n) is 3.93. The van der Waals surface area contributed by atoms with E-state index >= 15 is 0 Å². The molecule has 1 atom stereocenters. The second kappa shape index (κ2) is 6.67. The van der Waals surface area contributed by atoms with Crippen LogP contribution in [0, 0.1) is 5.41 Å². The van der Waals surface area contributed by atoms with Crippen LogP contribution in [0.3, 0.4) is 0 Å². The van der Waals surface area contributed by atoms with Crippen LogP contribution in [0.2, 0.25) is 0 Å². The molecule has 2 aromatic carbocycles. The van der Waals surface area contributed by atoms with Crippen LogP contribution < -0.4 is 10.1 Å². The topological polar surface area (TPSA) is 58.6 Å². The number of nitrogens with one attached hydrogen (secondary N) is 1. The second-order valence-electron chi connectivity index (χ2n) is 8.08. The molecule has 0 bridgehead atoms. The third-order valence-corrected chi connectivity index (χ3v) is 5.35. The first-order chi connectivity index (χ1) is 12.2. The first kappa shape index (κ1) is 18.3. The van der Waals surface area contributed by atoms with Crippen LogP contribution in [0.25, 0.3) is 11.1 Å². The summed E-state index contributed by atoms with van der Waals surface area (Å²) < 4.78 is 5.58. The zero-order valence-corrected chi connectivity index (χ0v) is 16.1. The van der Waals surface area contributed by atoms with E-state index in [2.05, 4.69) is 63.3 Å². The quantitative estimate of drug-likeness (QED) is 0.776. The van der Waals surface area contributed by atoms with Crippen LogP contribution in [0.5, 0.6) is 5.75 Å². The van der Waals surface area contributed by atoms with Crippen molar-refractivity contribution < 1.29 is 14.6 Å². The average molecular weight is 353 g/mol. The van der Waals surface area contributed by atoms with E-state index < -0.39 is 6.09 Å². The van der Waals surface area contributed by atoms with Gasteiger partial charge in [0.05, 0.1) is 13.2 Å². The van der Waals surface area contributed by atoms with Gasteiger partial charge in [-0.1, -0.05) is 52.0 Å². The van der Waals surface area contributed by atoms with Crippen LogP contribution in [0.4, 0.5) is 4.79 Å². The Hall–Kier alpha value is -2.49. The molecule has 0 saturated heterocycles. The molecule has 1 unspecified atom stereocenters. The molecule has 0 spiro atoms. The van der Waals surface area contributed by atoms with Gasteiger partial charge < -0.3 is 15.2 Å². The third-order valence-electron chi connectivity index (χ3n) is 5.35. The molecule has 0 saturated carbocycles. The first-order valence-electron chi connectivity index (χ1n) is 9.03. The van der Waals surface area contributed by atoms with Gasteiger partial charge in [-0.3, -0.25) is 0 Å². The van der Waals surface area contributed by atoms with Crippen molar-refractivity contribution in [3.05, 3.63) is 53.1 Å². The average Bonchev–Trinajstić information content (AvgIpc) is 2.83. The number of carboxylic acid groups (broad SMARTS) is 1. The summed E-state index contributed by atoms with van der Waals surface area (Å²) in [6.45, 7) is 8.57. The van der Waals surface area contributed by atoms with Crippen LogP contribution >= 0.6 is 0 Å². The fraction of sp³-hybridized carbons (Fsp3) is 0.409. The van der Waals surface area contributed by atoms with Crippen LogP contribution in [0.1, 0.15) is 56.3 Å². The molecule has 1 aliphatic rings. The Kier molecular flexibility index (Phi) is 4.70. The smallest absolute Gasteiger partial charge is 0.405 e. The Labute approximate surface area is 155 Å². The standard InChI is InChI=1S/C22H27NO3/c1-13(2)14-7-9-19(26-5)18(11-14)15-6-8-17-16(10-15)12-22(3,4)20(17)23-21(24)25/h6-11,13,20,23H,12H2,1-5H3,(H,24,25). The summed E-state index contributed by atoms with van der Waals surface area (Å²) in [5.74, 6) is 1.30. The lowest BCUT2D eigenvalue weighted by atomic mass is 9.85. The minimum atomic E-state index is -0.980. The van der Waals surface area contributed by atoms with Crippen LogP contribution in [0.15, 0.2) is 36.4 Å². The highest BCUT2D eigenvalue weighted by atomic mass is 16.5. The van der Waals surface area contributed by atoms with Gasteiger partial charge in [-0.2, -0.15) is 0 Å². The van der Waals surface area contributed by atoms with E-state index in [4.69, 9.17) is 4.74 Å². The molecule has 0 aromatic heterocycles. The van der Waals surface area contributed by atoms with E-state index in [1.54, 1.807) is 7.11 Å². The molecule has 26 heavy (non-hydrogen) atoms. The lowest BCUT2D eigenvalue weighted by molar-refractivity contribution is 0.175. The molecule has 4 heteroatoms. The van der Waals surface area contributed by atoms with Gasteiger partial charge in [0.15, 0.2) is 0 Å². The molecule has 2 N–H and O–H groups in total. The van der Waals surface area contributed by atoms with E-state index in [0.717, 1.165) is 28.9 Å². The molecule has 1 amide bonds. The molecule has 1 aliphatic carbocycles. The minimum absolute atomic E-state index is 0.150. The van der Waals surface area contributed by atoms with Gasteiger partial charge in [0, 0.05) is 5.56 Å². The van der Waals surface area contributed by atoms with Crippen molar-refractivity contribution in [2.45, 2.75) is 46.1 Å². The van der Waals surface area contributed by atoms with Crippen molar-refractivity contribution >= 4 is 6.09 Å². The molecule has 0 radical (unpaired) electrons. The maximum absolute atomic E-state index is 11.2. The largest absolute Gasteiger partial charge is 0.496 e. The normalized spacial score (nSPS) is 17.8. The molecule has 0 heterocycles. The fourth-order valence-corrected chi connectivity index (χ4v) is 3.93. The summed E-state index contributed by atoms with van der Waals surface area (Å²) in [6.07, 6.45) is -0.140. The lowest BCUT2D eigenvalue weighted by Crippen LogP contribution is -2.34. The predicted molar refractivity (Wildman–Crippen MR) is 104 cm³/mol. The summed E-state index contributed by atoms with van der Waals surface area (Å²) in [6, 6.07) is 12.4. The Balaban J connectivity index is 2.06. The number of benzene rings is 2. The first-order valence-corrected chi connectivity index (χ1v) is 9.03. The number of hydrogen-bond donors (Lipinski definition) is 2. The molecule has 0 aliphatic heterocycles. The number of amides is 1. The van der Waals surface area contributed by atoms with Gasteiger partial charge in [0.25, 0.3) is 0 Å². The van der Waals surface area contributed by atoms with E-state index in [9.17, 15) is 9.90 Å². The lowest BCUT2D eigenvalue weighted by Gasteiger charge is -2.27. The number of fused-ring (bicyclic) bond motifs is 1. The monoisotopic (exact) mass is 353 g/mol. The Morgan fingerprint density at radius 3 is 2.58 bits per heavy atom. The summed E-state index contributed by atoms with van der Waals surface area (Å²) in [4.78, 5) is 11.2. The predicted octanol–water partition coefficient (Wildman–Crippen LogP) is 5.38. The summed E-state index contributed by atoms with van der Waals surface area (Å²) >= 11 is 0. The minimum Gasteiger partial charge on any atom is -0.496 e. The Bertz CT molecular complexity index is 839. The highest BCUT2D eigenvalue weighted by Gasteiger charge is 2.40. The van der Waals surface area contributed by atoms with Crippen molar-refractivity contribution in [3.8, 4) is 16.9 Å². The molecule has 3 rings (SSSR count). The summed E-state index contributed by atoms with van der Waals surface area (Å²) in [5, 5.41) is 11.9. The van der Waals surface area contributed by atoms with Gasteiger partial charge in [0.1, 0.15) is 5.75 Å². The highest BCUT2D eigenvalue weighted by Crippen LogP contribution is 2.46. The maximum Gasteiger partial charge on any atom is 0.405 e. The number of carbonyl (C=O) groups is 1. The van der Waals surface area contributed by atoms with Gasteiger partial charge >= 0.3 is 6.09 Å². The van der Waals surface area contributed by atoms with Crippen molar-refractivity contribution in [3.63, 3.8) is 0 Å². The van der Waals surface area contributed by atoms with Crippen LogP contribution in [-0.4, -0.2) is 18.3 Å². The van der Waals surface area contributed by atoms with E-state index in [0.29, 0.717) is 5.92 Å². The SMILES string of the molecule is COc1ccc(C(C)C)cc1-c1ccc2c(c1)CC(C)(C)C2NC(=O)O. The molecule has 138 valence electrons. The zero-order valence-electron chi connectivity index (χ0n) is 16.1. The molecule has 0 fully saturated rings. The number of hydrogen-bond acceptors (Lipinski definition) is 2. The van der Waals surface area contributed by atoms with Gasteiger partial charge in [-0.15, -0.1) is 0 Å². The summed E-state index contributed by atoms with van der Waals surface area (Å²) in [7, 11) is 1.69. The van der Waals surface area contributed by atoms with Crippen LogP contribution in [-0.2, 0) is 6.42 Å². The number of rotatable bonds is 4. The molecular weight excluding hydrogens is 326 g/mol. The summed E-state index contributed by atoms with van der Waals surface area (Å²) in [5.41, 5.74) is 5.57. The molecule has 2 aromatic rings. The maximum atomic E-state index is 11.2. The van der Waals surface area contributed by atoms with E-state index in [1.165, 1.54) is 11.1 Å². The highest BCUT2D eigenvalue weighted by molar-refractivity contribution is 5.73. The van der Waals surface area contributed by atoms with Crippen molar-refractivity contribution in [1.29, 1.82) is 0 Å². The van der Waals surface area contributed by atoms with Gasteiger partial charge in [-0.25, -0.2) is 4.79 Å². The van der Waals surface area contributed by atoms with Crippen molar-refractivity contribution in [2.24, 2.45) is 5.41 Å². The zero-order chi connectivity index (χ0) is 19.1. The molecule has 4 nitrogen and oxygen atoms in total. The van der Waals surface area contributed by atoms with E-state index in [1.807, 2.05) is 6.07 Å². The van der Waals surface area contributed by atoms with Crippen molar-refractivity contribution in [1.82, 2.24) is 5.32 Å². The van der Waals surface area contributed by atoms with E-state index in [-0.39, 0.29) is 11.5 Å². The van der Waals surface area contributed by atoms with Gasteiger partial charge in [-0.05, 0) is 52.1 Å². The van der Waals surface area contributed by atoms with Crippen molar-refractivity contribution in [2.75, 3.05) is 7.11 Å². The Morgan fingerprint density at radius 2 is 1.96 bits per heavy atom.